The van der Waals surface area contributed by atoms with E-state index in [-0.39, 0.29) is 5.91 Å². The van der Waals surface area contributed by atoms with E-state index in [1.807, 2.05) is 0 Å². The average molecular weight is 278 g/mol. The highest BCUT2D eigenvalue weighted by molar-refractivity contribution is 5.78. The van der Waals surface area contributed by atoms with Gasteiger partial charge in [-0.3, -0.25) is 4.79 Å². The van der Waals surface area contributed by atoms with Crippen molar-refractivity contribution in [1.82, 2.24) is 10.6 Å². The Labute approximate surface area is 123 Å². The third-order valence-corrected chi connectivity index (χ3v) is 5.79. The van der Waals surface area contributed by atoms with Crippen LogP contribution in [-0.4, -0.2) is 24.0 Å². The minimum Gasteiger partial charge on any atom is -0.353 e. The van der Waals surface area contributed by atoms with Crippen molar-refractivity contribution in [3.63, 3.8) is 0 Å². The molecule has 20 heavy (non-hydrogen) atoms. The van der Waals surface area contributed by atoms with Gasteiger partial charge in [0.05, 0.1) is 6.54 Å². The van der Waals surface area contributed by atoms with Crippen LogP contribution in [0.3, 0.4) is 0 Å². The molecule has 1 amide bonds. The molecule has 0 aromatic heterocycles. The molecule has 4 aliphatic carbocycles. The standard InChI is InChI=1S/C17H30N2O/c1-3-4-12(2)19-16(20)11-18-17-8-13-5-14(9-17)7-15(6-13)10-17/h12-15,18H,3-11H2,1-2H3,(H,19,20). The van der Waals surface area contributed by atoms with Gasteiger partial charge in [0.25, 0.3) is 0 Å². The fourth-order valence-corrected chi connectivity index (χ4v) is 5.43. The highest BCUT2D eigenvalue weighted by atomic mass is 16.2. The first-order valence-electron chi connectivity index (χ1n) is 8.63. The van der Waals surface area contributed by atoms with Crippen LogP contribution in [0.1, 0.15) is 65.2 Å². The summed E-state index contributed by atoms with van der Waals surface area (Å²) in [7, 11) is 0. The summed E-state index contributed by atoms with van der Waals surface area (Å²) in [5.74, 6) is 3.00. The number of amides is 1. The third-order valence-electron chi connectivity index (χ3n) is 5.79. The minimum atomic E-state index is 0.182. The summed E-state index contributed by atoms with van der Waals surface area (Å²) < 4.78 is 0. The highest BCUT2D eigenvalue weighted by Gasteiger charge is 2.50. The fourth-order valence-electron chi connectivity index (χ4n) is 5.43. The molecule has 0 spiro atoms. The van der Waals surface area contributed by atoms with E-state index >= 15 is 0 Å². The molecule has 4 aliphatic rings. The van der Waals surface area contributed by atoms with E-state index in [0.29, 0.717) is 18.1 Å². The molecule has 4 fully saturated rings. The molecule has 4 bridgehead atoms. The van der Waals surface area contributed by atoms with Crippen molar-refractivity contribution in [1.29, 1.82) is 0 Å². The van der Waals surface area contributed by atoms with Gasteiger partial charge >= 0.3 is 0 Å². The van der Waals surface area contributed by atoms with Crippen LogP contribution in [0.4, 0.5) is 0 Å². The number of carbonyl (C=O) groups is 1. The van der Waals surface area contributed by atoms with Gasteiger partial charge < -0.3 is 10.6 Å². The summed E-state index contributed by atoms with van der Waals surface area (Å²) in [6, 6.07) is 0.311. The summed E-state index contributed by atoms with van der Waals surface area (Å²) >= 11 is 0. The van der Waals surface area contributed by atoms with Gasteiger partial charge in [-0.15, -0.1) is 0 Å². The monoisotopic (exact) mass is 278 g/mol. The molecule has 1 atom stereocenters. The number of rotatable bonds is 6. The van der Waals surface area contributed by atoms with E-state index in [9.17, 15) is 4.79 Å². The van der Waals surface area contributed by atoms with Gasteiger partial charge in [-0.25, -0.2) is 0 Å². The van der Waals surface area contributed by atoms with Crippen LogP contribution in [-0.2, 0) is 4.79 Å². The molecular weight excluding hydrogens is 248 g/mol. The SMILES string of the molecule is CCCC(C)NC(=O)CNC12CC3CC(CC(C3)C1)C2. The smallest absolute Gasteiger partial charge is 0.234 e. The topological polar surface area (TPSA) is 41.1 Å². The zero-order valence-electron chi connectivity index (χ0n) is 13.1. The molecule has 3 nitrogen and oxygen atoms in total. The van der Waals surface area contributed by atoms with E-state index in [2.05, 4.69) is 24.5 Å². The zero-order chi connectivity index (χ0) is 14.2. The number of carbonyl (C=O) groups excluding carboxylic acids is 1. The quantitative estimate of drug-likeness (QED) is 0.784. The second kappa shape index (κ2) is 5.67. The van der Waals surface area contributed by atoms with Crippen molar-refractivity contribution < 1.29 is 4.79 Å². The maximum Gasteiger partial charge on any atom is 0.234 e. The van der Waals surface area contributed by atoms with Gasteiger partial charge in [-0.2, -0.15) is 0 Å². The van der Waals surface area contributed by atoms with E-state index in [0.717, 1.165) is 30.6 Å². The van der Waals surface area contributed by atoms with Crippen molar-refractivity contribution in [2.75, 3.05) is 6.54 Å². The van der Waals surface area contributed by atoms with Gasteiger partial charge in [-0.1, -0.05) is 13.3 Å². The molecule has 1 unspecified atom stereocenters. The Morgan fingerprint density at radius 1 is 1.15 bits per heavy atom. The molecule has 4 rings (SSSR count). The highest BCUT2D eigenvalue weighted by Crippen LogP contribution is 2.55. The normalized spacial score (nSPS) is 39.8. The molecular formula is C17H30N2O. The van der Waals surface area contributed by atoms with E-state index in [1.54, 1.807) is 0 Å². The van der Waals surface area contributed by atoms with E-state index in [4.69, 9.17) is 0 Å². The molecule has 4 saturated carbocycles. The lowest BCUT2D eigenvalue weighted by molar-refractivity contribution is -0.122. The van der Waals surface area contributed by atoms with Gasteiger partial charge in [0.2, 0.25) is 5.91 Å². The Bertz CT molecular complexity index is 331. The molecule has 0 aromatic rings. The summed E-state index contributed by atoms with van der Waals surface area (Å²) in [5.41, 5.74) is 0.306. The second-order valence-corrected chi connectivity index (χ2v) is 7.81. The minimum absolute atomic E-state index is 0.182. The average Bonchev–Trinajstić information content (AvgIpc) is 2.35. The van der Waals surface area contributed by atoms with Crippen LogP contribution >= 0.6 is 0 Å². The molecule has 0 aromatic carbocycles. The van der Waals surface area contributed by atoms with Crippen LogP contribution in [0.25, 0.3) is 0 Å². The molecule has 0 saturated heterocycles. The van der Waals surface area contributed by atoms with Crippen LogP contribution in [0.15, 0.2) is 0 Å². The van der Waals surface area contributed by atoms with Gasteiger partial charge in [0.15, 0.2) is 0 Å². The van der Waals surface area contributed by atoms with Gasteiger partial charge in [0.1, 0.15) is 0 Å². The Morgan fingerprint density at radius 3 is 2.20 bits per heavy atom. The van der Waals surface area contributed by atoms with Crippen molar-refractivity contribution in [3.05, 3.63) is 0 Å². The molecule has 114 valence electrons. The first-order chi connectivity index (χ1) is 9.58. The number of hydrogen-bond donors (Lipinski definition) is 2. The fraction of sp³-hybridized carbons (Fsp3) is 0.941. The van der Waals surface area contributed by atoms with Crippen LogP contribution in [0.2, 0.25) is 0 Å². The predicted molar refractivity (Wildman–Crippen MR) is 81.4 cm³/mol. The van der Waals surface area contributed by atoms with Crippen molar-refractivity contribution in [3.8, 4) is 0 Å². The maximum absolute atomic E-state index is 12.0. The summed E-state index contributed by atoms with van der Waals surface area (Å²) in [6.45, 7) is 4.78. The summed E-state index contributed by atoms with van der Waals surface area (Å²) in [6.07, 6.45) is 10.5. The van der Waals surface area contributed by atoms with Crippen LogP contribution in [0.5, 0.6) is 0 Å². The zero-order valence-corrected chi connectivity index (χ0v) is 13.1. The Balaban J connectivity index is 1.49. The first-order valence-corrected chi connectivity index (χ1v) is 8.63. The first kappa shape index (κ1) is 14.4. The van der Waals surface area contributed by atoms with Gasteiger partial charge in [-0.05, 0) is 69.6 Å². The second-order valence-electron chi connectivity index (χ2n) is 7.81. The lowest BCUT2D eigenvalue weighted by Crippen LogP contribution is -2.60. The lowest BCUT2D eigenvalue weighted by atomic mass is 9.53. The van der Waals surface area contributed by atoms with Crippen molar-refractivity contribution >= 4 is 5.91 Å². The Hall–Kier alpha value is -0.570. The predicted octanol–water partition coefficient (Wildman–Crippen LogP) is 2.85. The maximum atomic E-state index is 12.0. The van der Waals surface area contributed by atoms with E-state index in [1.165, 1.54) is 38.5 Å². The molecule has 2 N–H and O–H groups in total. The van der Waals surface area contributed by atoms with Gasteiger partial charge in [0, 0.05) is 11.6 Å². The lowest BCUT2D eigenvalue weighted by Gasteiger charge is -2.57. The van der Waals surface area contributed by atoms with Crippen LogP contribution in [0, 0.1) is 17.8 Å². The third kappa shape index (κ3) is 3.03. The Kier molecular flexibility index (Phi) is 4.07. The van der Waals surface area contributed by atoms with Crippen molar-refractivity contribution in [2.24, 2.45) is 17.8 Å². The molecule has 0 radical (unpaired) electrons. The summed E-state index contributed by atoms with van der Waals surface area (Å²) in [5, 5.41) is 6.77. The van der Waals surface area contributed by atoms with Crippen molar-refractivity contribution in [2.45, 2.75) is 76.8 Å². The number of nitrogens with one attached hydrogen (secondary N) is 2. The Morgan fingerprint density at radius 2 is 1.70 bits per heavy atom. The summed E-state index contributed by atoms with van der Waals surface area (Å²) in [4.78, 5) is 12.0. The molecule has 3 heteroatoms. The number of hydrogen-bond acceptors (Lipinski definition) is 2. The van der Waals surface area contributed by atoms with Crippen LogP contribution < -0.4 is 10.6 Å². The molecule has 0 aliphatic heterocycles. The largest absolute Gasteiger partial charge is 0.353 e. The molecule has 0 heterocycles. The van der Waals surface area contributed by atoms with E-state index < -0.39 is 0 Å².